The maximum Gasteiger partial charge on any atom is 0.339 e. The summed E-state index contributed by atoms with van der Waals surface area (Å²) in [5, 5.41) is 12.0. The highest BCUT2D eigenvalue weighted by molar-refractivity contribution is 7.90. The van der Waals surface area contributed by atoms with Gasteiger partial charge in [-0.25, -0.2) is 13.2 Å². The Morgan fingerprint density at radius 3 is 2.48 bits per heavy atom. The number of amides is 1. The first-order valence-corrected chi connectivity index (χ1v) is 9.85. The molecule has 0 spiro atoms. The molecule has 25 heavy (non-hydrogen) atoms. The summed E-state index contributed by atoms with van der Waals surface area (Å²) in [7, 11) is -3.60. The summed E-state index contributed by atoms with van der Waals surface area (Å²) in [5.74, 6) is -1.47. The van der Waals surface area contributed by atoms with Crippen LogP contribution in [0.25, 0.3) is 0 Å². The molecule has 1 N–H and O–H groups in total. The summed E-state index contributed by atoms with van der Waals surface area (Å²) >= 11 is 0. The van der Waals surface area contributed by atoms with E-state index in [1.54, 1.807) is 0 Å². The van der Waals surface area contributed by atoms with Crippen molar-refractivity contribution < 1.29 is 22.7 Å². The van der Waals surface area contributed by atoms with E-state index >= 15 is 0 Å². The average Bonchev–Trinajstić information content (AvgIpc) is 2.59. The van der Waals surface area contributed by atoms with Gasteiger partial charge in [0, 0.05) is 6.26 Å². The summed E-state index contributed by atoms with van der Waals surface area (Å²) in [6.07, 6.45) is 4.87. The van der Waals surface area contributed by atoms with Gasteiger partial charge in [-0.15, -0.1) is 0 Å². The predicted molar refractivity (Wildman–Crippen MR) is 89.4 cm³/mol. The number of rotatable bonds is 5. The second-order valence-electron chi connectivity index (χ2n) is 6.15. The van der Waals surface area contributed by atoms with E-state index in [0.717, 1.165) is 25.5 Å². The van der Waals surface area contributed by atoms with Crippen LogP contribution >= 0.6 is 0 Å². The highest BCUT2D eigenvalue weighted by Gasteiger charge is 2.33. The Bertz CT molecular complexity index is 805. The van der Waals surface area contributed by atoms with Gasteiger partial charge in [0.05, 0.1) is 16.5 Å². The van der Waals surface area contributed by atoms with Crippen molar-refractivity contribution in [3.63, 3.8) is 0 Å². The molecule has 0 atom stereocenters. The molecule has 1 fully saturated rings. The van der Waals surface area contributed by atoms with Gasteiger partial charge in [0.25, 0.3) is 5.91 Å². The summed E-state index contributed by atoms with van der Waals surface area (Å²) in [5.41, 5.74) is -1.03. The van der Waals surface area contributed by atoms with Crippen LogP contribution in [0.3, 0.4) is 0 Å². The fraction of sp³-hybridized carbons (Fsp3) is 0.471. The number of sulfone groups is 1. The molecule has 0 heterocycles. The second kappa shape index (κ2) is 7.66. The molecule has 0 saturated heterocycles. The standard InChI is InChI=1S/C17H20N2O5S/c1-25(22,23)14-8-4-3-7-13(14)16(21)24-11-15(20)19-17(12-18)9-5-2-6-10-17/h3-4,7-8H,2,5-6,9-11H2,1H3,(H,19,20). The lowest BCUT2D eigenvalue weighted by atomic mass is 9.83. The minimum atomic E-state index is -3.60. The lowest BCUT2D eigenvalue weighted by molar-refractivity contribution is -0.125. The largest absolute Gasteiger partial charge is 0.452 e. The maximum atomic E-state index is 12.1. The van der Waals surface area contributed by atoms with Crippen LogP contribution in [-0.2, 0) is 19.4 Å². The van der Waals surface area contributed by atoms with E-state index in [0.29, 0.717) is 12.8 Å². The molecule has 8 heteroatoms. The van der Waals surface area contributed by atoms with E-state index < -0.39 is 33.9 Å². The predicted octanol–water partition coefficient (Wildman–Crippen LogP) is 1.59. The summed E-state index contributed by atoms with van der Waals surface area (Å²) in [6, 6.07) is 7.79. The number of nitrogens with one attached hydrogen (secondary N) is 1. The fourth-order valence-corrected chi connectivity index (χ4v) is 3.77. The van der Waals surface area contributed by atoms with Gasteiger partial charge < -0.3 is 10.1 Å². The zero-order valence-electron chi connectivity index (χ0n) is 13.9. The molecular weight excluding hydrogens is 344 g/mol. The average molecular weight is 364 g/mol. The molecule has 1 saturated carbocycles. The monoisotopic (exact) mass is 364 g/mol. The van der Waals surface area contributed by atoms with Crippen molar-refractivity contribution in [2.75, 3.05) is 12.9 Å². The number of carbonyl (C=O) groups is 2. The van der Waals surface area contributed by atoms with Crippen LogP contribution in [0.2, 0.25) is 0 Å². The van der Waals surface area contributed by atoms with Crippen molar-refractivity contribution in [2.24, 2.45) is 0 Å². The summed E-state index contributed by atoms with van der Waals surface area (Å²) in [4.78, 5) is 24.0. The maximum absolute atomic E-state index is 12.1. The van der Waals surface area contributed by atoms with Gasteiger partial charge in [-0.2, -0.15) is 5.26 Å². The number of ether oxygens (including phenoxy) is 1. The molecule has 0 unspecified atom stereocenters. The van der Waals surface area contributed by atoms with Crippen LogP contribution in [0.4, 0.5) is 0 Å². The third-order valence-electron chi connectivity index (χ3n) is 4.14. The first-order chi connectivity index (χ1) is 11.8. The van der Waals surface area contributed by atoms with Gasteiger partial charge in [-0.3, -0.25) is 4.79 Å². The van der Waals surface area contributed by atoms with Crippen LogP contribution in [-0.4, -0.2) is 38.7 Å². The molecule has 1 aliphatic carbocycles. The number of nitriles is 1. The van der Waals surface area contributed by atoms with Gasteiger partial charge in [-0.05, 0) is 25.0 Å². The molecule has 1 aromatic carbocycles. The van der Waals surface area contributed by atoms with E-state index in [1.807, 2.05) is 0 Å². The molecule has 1 amide bonds. The first-order valence-electron chi connectivity index (χ1n) is 7.96. The van der Waals surface area contributed by atoms with Gasteiger partial charge in [0.1, 0.15) is 5.54 Å². The molecule has 2 rings (SSSR count). The second-order valence-corrected chi connectivity index (χ2v) is 8.13. The number of benzene rings is 1. The molecule has 0 aromatic heterocycles. The van der Waals surface area contributed by atoms with Gasteiger partial charge in [0.15, 0.2) is 16.4 Å². The van der Waals surface area contributed by atoms with Crippen molar-refractivity contribution >= 4 is 21.7 Å². The van der Waals surface area contributed by atoms with E-state index in [1.165, 1.54) is 24.3 Å². The SMILES string of the molecule is CS(=O)(=O)c1ccccc1C(=O)OCC(=O)NC1(C#N)CCCCC1. The van der Waals surface area contributed by atoms with Gasteiger partial charge in [-0.1, -0.05) is 31.4 Å². The zero-order chi connectivity index (χ0) is 18.5. The lowest BCUT2D eigenvalue weighted by Crippen LogP contribution is -2.50. The van der Waals surface area contributed by atoms with Crippen molar-refractivity contribution in [1.82, 2.24) is 5.32 Å². The van der Waals surface area contributed by atoms with Crippen LogP contribution in [0.1, 0.15) is 42.5 Å². The smallest absolute Gasteiger partial charge is 0.339 e. The minimum Gasteiger partial charge on any atom is -0.452 e. The number of hydrogen-bond donors (Lipinski definition) is 1. The quantitative estimate of drug-likeness (QED) is 0.794. The van der Waals surface area contributed by atoms with E-state index in [2.05, 4.69) is 11.4 Å². The Morgan fingerprint density at radius 2 is 1.88 bits per heavy atom. The van der Waals surface area contributed by atoms with Crippen LogP contribution in [0, 0.1) is 11.3 Å². The van der Waals surface area contributed by atoms with Crippen LogP contribution in [0.5, 0.6) is 0 Å². The third-order valence-corrected chi connectivity index (χ3v) is 5.30. The molecule has 1 aliphatic rings. The number of hydrogen-bond acceptors (Lipinski definition) is 6. The highest BCUT2D eigenvalue weighted by Crippen LogP contribution is 2.27. The Balaban J connectivity index is 2.01. The van der Waals surface area contributed by atoms with Crippen molar-refractivity contribution in [2.45, 2.75) is 42.5 Å². The van der Waals surface area contributed by atoms with Crippen molar-refractivity contribution in [1.29, 1.82) is 5.26 Å². The molecule has 7 nitrogen and oxygen atoms in total. The number of carbonyl (C=O) groups excluding carboxylic acids is 2. The van der Waals surface area contributed by atoms with Gasteiger partial charge >= 0.3 is 5.97 Å². The third kappa shape index (κ3) is 4.79. The minimum absolute atomic E-state index is 0.120. The van der Waals surface area contributed by atoms with E-state index in [4.69, 9.17) is 4.74 Å². The molecule has 0 bridgehead atoms. The lowest BCUT2D eigenvalue weighted by Gasteiger charge is -2.31. The Hall–Kier alpha value is -2.40. The Kier molecular flexibility index (Phi) is 5.80. The van der Waals surface area contributed by atoms with E-state index in [9.17, 15) is 23.3 Å². The summed E-state index contributed by atoms with van der Waals surface area (Å²) in [6.45, 7) is -0.569. The van der Waals surface area contributed by atoms with Crippen LogP contribution in [0.15, 0.2) is 29.2 Å². The first kappa shape index (κ1) is 18.9. The molecule has 1 aromatic rings. The molecule has 0 radical (unpaired) electrons. The normalized spacial score (nSPS) is 16.5. The Morgan fingerprint density at radius 1 is 1.24 bits per heavy atom. The van der Waals surface area contributed by atoms with Crippen LogP contribution < -0.4 is 5.32 Å². The fourth-order valence-electron chi connectivity index (χ4n) is 2.89. The summed E-state index contributed by atoms with van der Waals surface area (Å²) < 4.78 is 28.4. The topological polar surface area (TPSA) is 113 Å². The Labute approximate surface area is 146 Å². The van der Waals surface area contributed by atoms with E-state index in [-0.39, 0.29) is 10.5 Å². The number of nitrogens with zero attached hydrogens (tertiary/aromatic N) is 1. The molecule has 134 valence electrons. The molecule has 0 aliphatic heterocycles. The highest BCUT2D eigenvalue weighted by atomic mass is 32.2. The number of esters is 1. The zero-order valence-corrected chi connectivity index (χ0v) is 14.8. The van der Waals surface area contributed by atoms with Crippen molar-refractivity contribution in [3.8, 4) is 6.07 Å². The van der Waals surface area contributed by atoms with Gasteiger partial charge in [0.2, 0.25) is 0 Å². The van der Waals surface area contributed by atoms with Crippen molar-refractivity contribution in [3.05, 3.63) is 29.8 Å². The molecular formula is C17H20N2O5S.